The standard InChI is InChI=1S/C69H87ClN18O14/c1-36(2)26-48-61(95)81-47(14-8-23-75-69(72)73)68(102)88-25-9-15-55(88)67(101)87-54(59(71)93)34-77-56(90)32-53-66(100)80-46(60(94)83-50(63(97)82-48)29-39-16-19-40-10-4-5-11-41(40)27-39)22-24-74-58(92)35-78-57(91)31-52(79-37(3)89)65(99)84-49(28-38-17-20-43(70)21-18-38)62(96)85-51(64(98)86-53)30-42-33-76-45-13-7-6-12-44(42)45/h4-7,10-13,16-21,27,33,36,46-55,76H,8-9,14-15,22-26,28-32,34-35H2,1-3H3,(H2,71,93)(H,74,92)(H,77,90)(H,78,91)(H,79,89)(H,80,100)(H,81,95)(H,82,97)(H,83,94)(H,84,99)(H,85,96)(H,86,98)(H,87,101)(H4,72,73,75)/t46-,47+,48-,49+,50-,51-,52-,53-,54-,55-/m1/s1. The number of amides is 14. The highest BCUT2D eigenvalue weighted by Crippen LogP contribution is 2.24. The highest BCUT2D eigenvalue weighted by atomic mass is 35.5. The number of nitrogens with two attached hydrogens (primary N) is 2. The van der Waals surface area contributed by atoms with Crippen LogP contribution in [0, 0.1) is 11.3 Å². The largest absolute Gasteiger partial charge is 0.370 e. The van der Waals surface area contributed by atoms with Crippen molar-refractivity contribution in [2.45, 2.75) is 152 Å². The summed E-state index contributed by atoms with van der Waals surface area (Å²) >= 11 is 6.22. The first-order chi connectivity index (χ1) is 48.7. The van der Waals surface area contributed by atoms with Crippen LogP contribution >= 0.6 is 11.6 Å². The van der Waals surface area contributed by atoms with E-state index in [4.69, 9.17) is 28.5 Å². The summed E-state index contributed by atoms with van der Waals surface area (Å²) in [7, 11) is 0. The van der Waals surface area contributed by atoms with E-state index >= 15 is 24.0 Å². The molecule has 5 aromatic rings. The number of para-hydroxylation sites is 1. The molecular weight excluding hydrogens is 1340 g/mol. The summed E-state index contributed by atoms with van der Waals surface area (Å²) in [6.07, 6.45) is -1.13. The molecular formula is C69H87ClN18O14. The molecule has 544 valence electrons. The Balaban J connectivity index is 1.23. The topological polar surface area (TPSA) is 490 Å². The van der Waals surface area contributed by atoms with Crippen LogP contribution in [0.4, 0.5) is 0 Å². The molecule has 19 N–H and O–H groups in total. The molecule has 4 heterocycles. The number of carbonyl (C=O) groups is 14. The van der Waals surface area contributed by atoms with Gasteiger partial charge >= 0.3 is 0 Å². The number of halogens is 1. The van der Waals surface area contributed by atoms with Crippen LogP contribution in [0.3, 0.4) is 0 Å². The number of rotatable bonds is 14. The fraction of sp³-hybridized carbons (Fsp3) is 0.435. The molecule has 0 spiro atoms. The summed E-state index contributed by atoms with van der Waals surface area (Å²) in [5.41, 5.74) is 13.4. The van der Waals surface area contributed by atoms with Gasteiger partial charge in [-0.25, -0.2) is 0 Å². The lowest BCUT2D eigenvalue weighted by Crippen LogP contribution is -2.61. The van der Waals surface area contributed by atoms with Crippen LogP contribution in [0.1, 0.15) is 88.8 Å². The lowest BCUT2D eigenvalue weighted by Gasteiger charge is -2.31. The van der Waals surface area contributed by atoms with Crippen molar-refractivity contribution in [1.82, 2.24) is 79.0 Å². The Kier molecular flexibility index (Phi) is 27.2. The second-order valence-corrected chi connectivity index (χ2v) is 26.3. The normalized spacial score (nSPS) is 24.0. The van der Waals surface area contributed by atoms with E-state index in [9.17, 15) is 43.2 Å². The predicted molar refractivity (Wildman–Crippen MR) is 373 cm³/mol. The Labute approximate surface area is 591 Å². The molecule has 1 aromatic heterocycles. The minimum Gasteiger partial charge on any atom is -0.370 e. The van der Waals surface area contributed by atoms with E-state index in [0.29, 0.717) is 39.0 Å². The van der Waals surface area contributed by atoms with Gasteiger partial charge < -0.3 is 90.5 Å². The van der Waals surface area contributed by atoms with Crippen LogP contribution in [0.25, 0.3) is 21.7 Å². The third kappa shape index (κ3) is 22.2. The molecule has 32 nitrogen and oxygen atoms in total. The molecule has 2 bridgehead atoms. The second-order valence-electron chi connectivity index (χ2n) is 25.9. The van der Waals surface area contributed by atoms with E-state index in [1.165, 1.54) is 17.0 Å². The van der Waals surface area contributed by atoms with Crippen LogP contribution in [-0.2, 0) is 86.4 Å². The molecule has 0 radical (unpaired) electrons. The Morgan fingerprint density at radius 2 is 1.21 bits per heavy atom. The molecule has 14 amide bonds. The van der Waals surface area contributed by atoms with Crippen molar-refractivity contribution < 1.29 is 67.1 Å². The van der Waals surface area contributed by atoms with Crippen molar-refractivity contribution >= 4 is 122 Å². The van der Waals surface area contributed by atoms with Crippen LogP contribution in [-0.4, -0.2) is 192 Å². The molecule has 3 aliphatic heterocycles. The van der Waals surface area contributed by atoms with Gasteiger partial charge in [-0.3, -0.25) is 72.5 Å². The molecule has 8 rings (SSSR count). The average molecular weight is 1430 g/mol. The lowest BCUT2D eigenvalue weighted by molar-refractivity contribution is -0.142. The third-order valence-corrected chi connectivity index (χ3v) is 17.7. The van der Waals surface area contributed by atoms with Crippen molar-refractivity contribution in [3.63, 3.8) is 0 Å². The van der Waals surface area contributed by atoms with Gasteiger partial charge in [0.05, 0.1) is 19.4 Å². The number of primary amides is 1. The van der Waals surface area contributed by atoms with Gasteiger partial charge in [-0.15, -0.1) is 0 Å². The number of carbonyl (C=O) groups excluding carboxylic acids is 14. The molecule has 3 fully saturated rings. The van der Waals surface area contributed by atoms with E-state index in [-0.39, 0.29) is 69.9 Å². The Hall–Kier alpha value is -11.2. The lowest BCUT2D eigenvalue weighted by atomic mass is 9.98. The van der Waals surface area contributed by atoms with Gasteiger partial charge in [-0.05, 0) is 90.1 Å². The quantitative estimate of drug-likeness (QED) is 0.0316. The maximum absolute atomic E-state index is 15.4. The Morgan fingerprint density at radius 3 is 1.91 bits per heavy atom. The summed E-state index contributed by atoms with van der Waals surface area (Å²) in [6.45, 7) is 2.83. The molecule has 0 aliphatic carbocycles. The minimum atomic E-state index is -2.03. The zero-order valence-electron chi connectivity index (χ0n) is 56.6. The number of hydrogen-bond donors (Lipinski definition) is 17. The number of benzene rings is 4. The smallest absolute Gasteiger partial charge is 0.245 e. The SMILES string of the molecule is CC(=O)N[C@@H]1CC(=O)NCC(=O)NCC[C@H]2NC(=O)[C@@H](CC(=O)NC[C@H](C(N)=O)NC(=O)[C@H]3CCCN3C(=O)[C@H](CCCNC(=N)N)NC(=O)[C@@H](CC(C)C)NC(=O)[C@@H](Cc3ccc4ccccc4c3)NC2=O)NC(=O)[C@@H](Cc2c[nH]c3ccccc23)NC(=O)[C@H](Cc2ccc(Cl)cc2)NC1=O. The summed E-state index contributed by atoms with van der Waals surface area (Å²) in [5.74, 6) is -14.2. The van der Waals surface area contributed by atoms with Crippen LogP contribution in [0.2, 0.25) is 5.02 Å². The minimum absolute atomic E-state index is 0.0171. The van der Waals surface area contributed by atoms with Gasteiger partial charge in [0, 0.05) is 74.5 Å². The van der Waals surface area contributed by atoms with Gasteiger partial charge in [-0.1, -0.05) is 98.2 Å². The van der Waals surface area contributed by atoms with Gasteiger partial charge in [0.2, 0.25) is 82.7 Å². The van der Waals surface area contributed by atoms with Crippen molar-refractivity contribution in [1.29, 1.82) is 5.41 Å². The van der Waals surface area contributed by atoms with Crippen molar-refractivity contribution in [2.75, 3.05) is 32.7 Å². The monoisotopic (exact) mass is 1430 g/mol. The first-order valence-corrected chi connectivity index (χ1v) is 34.0. The molecule has 3 saturated heterocycles. The van der Waals surface area contributed by atoms with Gasteiger partial charge in [0.25, 0.3) is 0 Å². The summed E-state index contributed by atoms with van der Waals surface area (Å²) in [6, 6.07) is 9.71. The van der Waals surface area contributed by atoms with Crippen molar-refractivity contribution in [3.8, 4) is 0 Å². The number of H-pyrrole nitrogens is 1. The number of hydrogen-bond acceptors (Lipinski definition) is 15. The summed E-state index contributed by atoms with van der Waals surface area (Å²) in [4.78, 5) is 206. The van der Waals surface area contributed by atoms with Gasteiger partial charge in [-0.2, -0.15) is 0 Å². The third-order valence-electron chi connectivity index (χ3n) is 17.5. The molecule has 0 saturated carbocycles. The van der Waals surface area contributed by atoms with Gasteiger partial charge in [0.15, 0.2) is 5.96 Å². The molecule has 10 atom stereocenters. The predicted octanol–water partition coefficient (Wildman–Crippen LogP) is -2.28. The highest BCUT2D eigenvalue weighted by Gasteiger charge is 2.41. The molecule has 102 heavy (non-hydrogen) atoms. The van der Waals surface area contributed by atoms with E-state index in [0.717, 1.165) is 17.7 Å². The fourth-order valence-electron chi connectivity index (χ4n) is 12.3. The van der Waals surface area contributed by atoms with Crippen molar-refractivity contribution in [3.05, 3.63) is 119 Å². The zero-order valence-corrected chi connectivity index (χ0v) is 57.4. The highest BCUT2D eigenvalue weighted by molar-refractivity contribution is 6.30. The second kappa shape index (κ2) is 36.2. The number of nitrogens with zero attached hydrogens (tertiary/aromatic N) is 1. The molecule has 4 aromatic carbocycles. The van der Waals surface area contributed by atoms with Gasteiger partial charge in [0.1, 0.15) is 60.4 Å². The van der Waals surface area contributed by atoms with E-state index in [1.807, 2.05) is 18.2 Å². The van der Waals surface area contributed by atoms with E-state index in [1.54, 1.807) is 80.7 Å². The van der Waals surface area contributed by atoms with E-state index < -0.39 is 182 Å². The molecule has 0 unspecified atom stereocenters. The Morgan fingerprint density at radius 1 is 0.608 bits per heavy atom. The number of guanidine groups is 1. The first-order valence-electron chi connectivity index (χ1n) is 33.6. The average Bonchev–Trinajstić information content (AvgIpc) is 1.54. The Bertz CT molecular complexity index is 3980. The number of aromatic nitrogens is 1. The number of aromatic amines is 1. The number of fused-ring (bicyclic) bond motifs is 6. The van der Waals surface area contributed by atoms with E-state index in [2.05, 4.69) is 74.1 Å². The maximum Gasteiger partial charge on any atom is 0.245 e. The maximum atomic E-state index is 15.4. The summed E-state index contributed by atoms with van der Waals surface area (Å²) in [5, 5.41) is 43.9. The van der Waals surface area contributed by atoms with Crippen molar-refractivity contribution in [2.24, 2.45) is 17.4 Å². The summed E-state index contributed by atoms with van der Waals surface area (Å²) < 4.78 is 0. The zero-order chi connectivity index (χ0) is 73.7. The van der Waals surface area contributed by atoms with Crippen LogP contribution in [0.5, 0.6) is 0 Å². The number of nitrogens with one attached hydrogen (secondary N) is 15. The fourth-order valence-corrected chi connectivity index (χ4v) is 12.4. The van der Waals surface area contributed by atoms with Crippen LogP contribution in [0.15, 0.2) is 97.2 Å². The van der Waals surface area contributed by atoms with Crippen LogP contribution < -0.4 is 80.6 Å². The first kappa shape index (κ1) is 76.6. The molecule has 3 aliphatic rings. The molecule has 33 heteroatoms.